The minimum Gasteiger partial charge on any atom is -0.282 e. The Kier molecular flexibility index (Phi) is 3.11. The van der Waals surface area contributed by atoms with E-state index in [1.54, 1.807) is 6.08 Å². The number of benzene rings is 1. The second kappa shape index (κ2) is 4.36. The minimum absolute atomic E-state index is 0.308. The summed E-state index contributed by atoms with van der Waals surface area (Å²) in [6.45, 7) is 0. The van der Waals surface area contributed by atoms with Gasteiger partial charge < -0.3 is 0 Å². The van der Waals surface area contributed by atoms with E-state index in [9.17, 15) is 9.59 Å². The number of amides is 2. The summed E-state index contributed by atoms with van der Waals surface area (Å²) < 4.78 is 1.09. The third-order valence-electron chi connectivity index (χ3n) is 1.79. The maximum atomic E-state index is 11.3. The Morgan fingerprint density at radius 3 is 2.73 bits per heavy atom. The standard InChI is InChI=1S/C10H6INO2S/c11-7-3-1-2-6(4-7)5-8-9(13)12-10(14)15-8/h1-5H,(H,12,13,14)/b8-5+. The van der Waals surface area contributed by atoms with Crippen LogP contribution in [0.1, 0.15) is 5.56 Å². The molecule has 5 heteroatoms. The van der Waals surface area contributed by atoms with Crippen LogP contribution in [0.25, 0.3) is 6.08 Å². The van der Waals surface area contributed by atoms with Gasteiger partial charge in [0, 0.05) is 3.57 Å². The highest BCUT2D eigenvalue weighted by atomic mass is 127. The quantitative estimate of drug-likeness (QED) is 0.636. The summed E-state index contributed by atoms with van der Waals surface area (Å²) in [5.74, 6) is -0.316. The normalized spacial score (nSPS) is 18.3. The first-order valence-electron chi connectivity index (χ1n) is 4.15. The zero-order valence-corrected chi connectivity index (χ0v) is 10.5. The number of nitrogens with one attached hydrogen (secondary N) is 1. The summed E-state index contributed by atoms with van der Waals surface area (Å²) in [5, 5.41) is 1.91. The number of hydrogen-bond acceptors (Lipinski definition) is 3. The van der Waals surface area contributed by atoms with Crippen LogP contribution in [-0.2, 0) is 4.79 Å². The van der Waals surface area contributed by atoms with Gasteiger partial charge in [-0.15, -0.1) is 0 Å². The number of hydrogen-bond donors (Lipinski definition) is 1. The molecule has 1 fully saturated rings. The van der Waals surface area contributed by atoms with Crippen LogP contribution in [0.15, 0.2) is 29.2 Å². The van der Waals surface area contributed by atoms with Gasteiger partial charge in [0.05, 0.1) is 4.91 Å². The summed E-state index contributed by atoms with van der Waals surface area (Å²) in [5.41, 5.74) is 0.925. The molecule has 76 valence electrons. The molecule has 0 saturated carbocycles. The fourth-order valence-corrected chi connectivity index (χ4v) is 2.42. The van der Waals surface area contributed by atoms with Gasteiger partial charge in [-0.05, 0) is 58.1 Å². The molecule has 1 heterocycles. The Labute approximate surface area is 104 Å². The zero-order valence-electron chi connectivity index (χ0n) is 7.49. The second-order valence-electron chi connectivity index (χ2n) is 2.91. The molecule has 1 aliphatic rings. The SMILES string of the molecule is O=C1NC(=O)/C(=C\c2cccc(I)c2)S1. The van der Waals surface area contributed by atoms with Crippen LogP contribution in [0.3, 0.4) is 0 Å². The van der Waals surface area contributed by atoms with Gasteiger partial charge in [-0.3, -0.25) is 14.9 Å². The van der Waals surface area contributed by atoms with Crippen molar-refractivity contribution in [1.29, 1.82) is 0 Å². The van der Waals surface area contributed by atoms with E-state index < -0.39 is 0 Å². The Bertz CT molecular complexity index is 470. The average Bonchev–Trinajstić information content (AvgIpc) is 2.45. The zero-order chi connectivity index (χ0) is 10.8. The number of imide groups is 1. The molecule has 3 nitrogen and oxygen atoms in total. The molecule has 0 aliphatic carbocycles. The van der Waals surface area contributed by atoms with E-state index in [1.807, 2.05) is 24.3 Å². The van der Waals surface area contributed by atoms with Crippen molar-refractivity contribution in [3.8, 4) is 0 Å². The summed E-state index contributed by atoms with van der Waals surface area (Å²) in [6, 6.07) is 7.72. The molecule has 0 aromatic heterocycles. The molecule has 2 amide bonds. The van der Waals surface area contributed by atoms with Crippen LogP contribution >= 0.6 is 34.4 Å². The van der Waals surface area contributed by atoms with Gasteiger partial charge in [-0.25, -0.2) is 0 Å². The van der Waals surface area contributed by atoms with Crippen LogP contribution in [0.2, 0.25) is 0 Å². The maximum Gasteiger partial charge on any atom is 0.290 e. The third-order valence-corrected chi connectivity index (χ3v) is 3.27. The Morgan fingerprint density at radius 2 is 2.13 bits per heavy atom. The molecule has 1 saturated heterocycles. The van der Waals surface area contributed by atoms with Gasteiger partial charge in [-0.2, -0.15) is 0 Å². The van der Waals surface area contributed by atoms with Gasteiger partial charge in [-0.1, -0.05) is 12.1 Å². The van der Waals surface area contributed by atoms with Crippen molar-refractivity contribution in [2.45, 2.75) is 0 Å². The van der Waals surface area contributed by atoms with E-state index >= 15 is 0 Å². The van der Waals surface area contributed by atoms with Crippen molar-refractivity contribution in [1.82, 2.24) is 5.32 Å². The van der Waals surface area contributed by atoms with Gasteiger partial charge in [0.1, 0.15) is 0 Å². The van der Waals surface area contributed by atoms with Crippen molar-refractivity contribution in [2.24, 2.45) is 0 Å². The number of carbonyl (C=O) groups is 2. The highest BCUT2D eigenvalue weighted by Crippen LogP contribution is 2.25. The van der Waals surface area contributed by atoms with Gasteiger partial charge in [0.25, 0.3) is 11.1 Å². The minimum atomic E-state index is -0.316. The van der Waals surface area contributed by atoms with Crippen molar-refractivity contribution in [2.75, 3.05) is 0 Å². The first-order valence-corrected chi connectivity index (χ1v) is 6.05. The van der Waals surface area contributed by atoms with E-state index in [0.717, 1.165) is 20.9 Å². The average molecular weight is 331 g/mol. The lowest BCUT2D eigenvalue weighted by Crippen LogP contribution is -2.17. The van der Waals surface area contributed by atoms with Crippen LogP contribution in [0, 0.1) is 3.57 Å². The Morgan fingerprint density at radius 1 is 1.33 bits per heavy atom. The first-order chi connectivity index (χ1) is 7.15. The molecule has 1 aromatic carbocycles. The Balaban J connectivity index is 2.31. The van der Waals surface area contributed by atoms with Crippen LogP contribution in [-0.4, -0.2) is 11.1 Å². The topological polar surface area (TPSA) is 46.2 Å². The molecule has 2 rings (SSSR count). The number of carbonyl (C=O) groups excluding carboxylic acids is 2. The van der Waals surface area contributed by atoms with Crippen LogP contribution < -0.4 is 5.32 Å². The molecule has 15 heavy (non-hydrogen) atoms. The molecule has 1 aromatic rings. The molecule has 1 aliphatic heterocycles. The lowest BCUT2D eigenvalue weighted by Gasteiger charge is -1.95. The fourth-order valence-electron chi connectivity index (χ4n) is 1.17. The lowest BCUT2D eigenvalue weighted by atomic mass is 10.2. The van der Waals surface area contributed by atoms with E-state index in [2.05, 4.69) is 27.9 Å². The number of halogens is 1. The predicted molar refractivity (Wildman–Crippen MR) is 68.3 cm³/mol. The maximum absolute atomic E-state index is 11.3. The van der Waals surface area contributed by atoms with Crippen LogP contribution in [0.4, 0.5) is 4.79 Å². The van der Waals surface area contributed by atoms with Crippen molar-refractivity contribution >= 4 is 51.6 Å². The van der Waals surface area contributed by atoms with E-state index in [0.29, 0.717) is 4.91 Å². The molecule has 1 N–H and O–H groups in total. The Hall–Kier alpha value is -0.820. The van der Waals surface area contributed by atoms with E-state index in [1.165, 1.54) is 0 Å². The molecular formula is C10H6INO2S. The molecule has 0 spiro atoms. The van der Waals surface area contributed by atoms with Crippen LogP contribution in [0.5, 0.6) is 0 Å². The molecule has 0 bridgehead atoms. The van der Waals surface area contributed by atoms with Crippen molar-refractivity contribution in [3.63, 3.8) is 0 Å². The molecule has 0 unspecified atom stereocenters. The van der Waals surface area contributed by atoms with Crippen molar-refractivity contribution < 1.29 is 9.59 Å². The summed E-state index contributed by atoms with van der Waals surface area (Å²) in [6.07, 6.45) is 1.72. The monoisotopic (exact) mass is 331 g/mol. The summed E-state index contributed by atoms with van der Waals surface area (Å²) in [7, 11) is 0. The molecule has 0 radical (unpaired) electrons. The van der Waals surface area contributed by atoms with E-state index in [-0.39, 0.29) is 11.1 Å². The van der Waals surface area contributed by atoms with Gasteiger partial charge in [0.2, 0.25) is 0 Å². The second-order valence-corrected chi connectivity index (χ2v) is 5.17. The highest BCUT2D eigenvalue weighted by molar-refractivity contribution is 14.1. The molecule has 0 atom stereocenters. The lowest BCUT2D eigenvalue weighted by molar-refractivity contribution is -0.115. The van der Waals surface area contributed by atoms with Gasteiger partial charge >= 0.3 is 0 Å². The summed E-state index contributed by atoms with van der Waals surface area (Å²) in [4.78, 5) is 22.6. The highest BCUT2D eigenvalue weighted by Gasteiger charge is 2.24. The third kappa shape index (κ3) is 2.60. The smallest absolute Gasteiger partial charge is 0.282 e. The predicted octanol–water partition coefficient (Wildman–Crippen LogP) is 2.62. The number of thioether (sulfide) groups is 1. The van der Waals surface area contributed by atoms with E-state index in [4.69, 9.17) is 0 Å². The van der Waals surface area contributed by atoms with Gasteiger partial charge in [0.15, 0.2) is 0 Å². The van der Waals surface area contributed by atoms with Crippen molar-refractivity contribution in [3.05, 3.63) is 38.3 Å². The first kappa shape index (κ1) is 10.7. The summed E-state index contributed by atoms with van der Waals surface area (Å²) >= 11 is 3.13. The molecular weight excluding hydrogens is 325 g/mol. The largest absolute Gasteiger partial charge is 0.290 e. The fraction of sp³-hybridized carbons (Fsp3) is 0. The number of rotatable bonds is 1.